The van der Waals surface area contributed by atoms with E-state index in [0.29, 0.717) is 18.0 Å². The van der Waals surface area contributed by atoms with E-state index < -0.39 is 6.09 Å². The quantitative estimate of drug-likeness (QED) is 0.671. The Morgan fingerprint density at radius 2 is 2.00 bits per heavy atom. The van der Waals surface area contributed by atoms with Gasteiger partial charge in [-0.1, -0.05) is 59.8 Å². The fourth-order valence-electron chi connectivity index (χ4n) is 1.88. The van der Waals surface area contributed by atoms with Crippen molar-refractivity contribution < 1.29 is 9.53 Å². The number of carbonyl (C=O) groups is 1. The van der Waals surface area contributed by atoms with Gasteiger partial charge in [0, 0.05) is 18.5 Å². The highest BCUT2D eigenvalue weighted by molar-refractivity contribution is 6.31. The summed E-state index contributed by atoms with van der Waals surface area (Å²) in [5.41, 5.74) is 2.85. The number of nitrogens with one attached hydrogen (secondary N) is 1. The fraction of sp³-hybridized carbons (Fsp3) is 0.211. The monoisotopic (exact) mass is 327 g/mol. The summed E-state index contributed by atoms with van der Waals surface area (Å²) >= 11 is 6.10. The van der Waals surface area contributed by atoms with E-state index in [1.807, 2.05) is 55.5 Å². The first-order valence-corrected chi connectivity index (χ1v) is 7.72. The van der Waals surface area contributed by atoms with E-state index in [-0.39, 0.29) is 6.61 Å². The summed E-state index contributed by atoms with van der Waals surface area (Å²) in [7, 11) is 0. The van der Waals surface area contributed by atoms with Gasteiger partial charge in [-0.25, -0.2) is 4.79 Å². The molecule has 2 rings (SSSR count). The van der Waals surface area contributed by atoms with Gasteiger partial charge in [-0.15, -0.1) is 0 Å². The van der Waals surface area contributed by atoms with E-state index in [0.717, 1.165) is 16.7 Å². The lowest BCUT2D eigenvalue weighted by molar-refractivity contribution is 0.140. The Bertz CT molecular complexity index is 717. The highest BCUT2D eigenvalue weighted by Crippen LogP contribution is 2.16. The van der Waals surface area contributed by atoms with Gasteiger partial charge in [0.1, 0.15) is 6.61 Å². The topological polar surface area (TPSA) is 38.3 Å². The van der Waals surface area contributed by atoms with Gasteiger partial charge >= 0.3 is 6.09 Å². The Balaban J connectivity index is 1.69. The molecule has 0 aliphatic rings. The zero-order valence-corrected chi connectivity index (χ0v) is 13.7. The third-order valence-electron chi connectivity index (χ3n) is 3.08. The number of rotatable bonds is 4. The molecule has 0 radical (unpaired) electrons. The van der Waals surface area contributed by atoms with Crippen LogP contribution in [0.15, 0.2) is 48.5 Å². The number of carbonyl (C=O) groups excluding carboxylic acids is 1. The summed E-state index contributed by atoms with van der Waals surface area (Å²) < 4.78 is 5.11. The van der Waals surface area contributed by atoms with E-state index in [9.17, 15) is 4.79 Å². The van der Waals surface area contributed by atoms with Crippen LogP contribution < -0.4 is 5.32 Å². The minimum Gasteiger partial charge on any atom is -0.445 e. The van der Waals surface area contributed by atoms with Crippen LogP contribution in [0.1, 0.15) is 23.1 Å². The molecule has 0 aliphatic heterocycles. The maximum atomic E-state index is 11.5. The molecule has 2 aromatic carbocycles. The van der Waals surface area contributed by atoms with Crippen LogP contribution in [-0.4, -0.2) is 12.6 Å². The number of aryl methyl sites for hydroxylation is 1. The lowest BCUT2D eigenvalue weighted by Gasteiger charge is -2.05. The van der Waals surface area contributed by atoms with E-state index in [2.05, 4.69) is 17.2 Å². The van der Waals surface area contributed by atoms with Gasteiger partial charge in [0.05, 0.1) is 5.02 Å². The zero-order chi connectivity index (χ0) is 16.5. The molecule has 0 aliphatic carbocycles. The number of hydrogen-bond acceptors (Lipinski definition) is 2. The minimum absolute atomic E-state index is 0.261. The predicted molar refractivity (Wildman–Crippen MR) is 92.3 cm³/mol. The van der Waals surface area contributed by atoms with Crippen molar-refractivity contribution in [1.29, 1.82) is 0 Å². The van der Waals surface area contributed by atoms with Gasteiger partial charge in [0.2, 0.25) is 0 Å². The smallest absolute Gasteiger partial charge is 0.407 e. The molecule has 4 heteroatoms. The molecule has 0 heterocycles. The molecule has 0 saturated heterocycles. The van der Waals surface area contributed by atoms with E-state index >= 15 is 0 Å². The highest BCUT2D eigenvalue weighted by atomic mass is 35.5. The van der Waals surface area contributed by atoms with Crippen molar-refractivity contribution in [3.05, 3.63) is 70.2 Å². The van der Waals surface area contributed by atoms with Gasteiger partial charge in [0.15, 0.2) is 0 Å². The normalized spacial score (nSPS) is 9.65. The molecule has 0 unspecified atom stereocenters. The van der Waals surface area contributed by atoms with Crippen LogP contribution in [-0.2, 0) is 11.3 Å². The van der Waals surface area contributed by atoms with Crippen molar-refractivity contribution >= 4 is 17.7 Å². The van der Waals surface area contributed by atoms with Crippen LogP contribution in [0.25, 0.3) is 0 Å². The summed E-state index contributed by atoms with van der Waals surface area (Å²) in [4.78, 5) is 11.5. The summed E-state index contributed by atoms with van der Waals surface area (Å²) in [6.07, 6.45) is 0.0917. The molecule has 3 nitrogen and oxygen atoms in total. The van der Waals surface area contributed by atoms with Crippen molar-refractivity contribution in [1.82, 2.24) is 5.32 Å². The van der Waals surface area contributed by atoms with Crippen LogP contribution in [0.5, 0.6) is 0 Å². The van der Waals surface area contributed by atoms with Gasteiger partial charge in [-0.05, 0) is 30.2 Å². The van der Waals surface area contributed by atoms with Crippen molar-refractivity contribution in [3.63, 3.8) is 0 Å². The number of amides is 1. The number of benzene rings is 2. The number of halogens is 1. The maximum absolute atomic E-state index is 11.5. The summed E-state index contributed by atoms with van der Waals surface area (Å²) in [5.74, 6) is 5.98. The van der Waals surface area contributed by atoms with Gasteiger partial charge < -0.3 is 10.1 Å². The van der Waals surface area contributed by atoms with E-state index in [1.165, 1.54) is 0 Å². The van der Waals surface area contributed by atoms with Crippen molar-refractivity contribution in [2.75, 3.05) is 6.54 Å². The molecule has 0 saturated carbocycles. The van der Waals surface area contributed by atoms with Crippen molar-refractivity contribution in [2.45, 2.75) is 20.0 Å². The Morgan fingerprint density at radius 1 is 1.22 bits per heavy atom. The predicted octanol–water partition coefficient (Wildman–Crippen LogP) is 4.32. The van der Waals surface area contributed by atoms with Gasteiger partial charge in [0.25, 0.3) is 0 Å². The number of alkyl carbamates (subject to hydrolysis) is 1. The standard InChI is InChI=1S/C19H18ClNO2/c1-15-10-11-17(18(20)13-15)9-5-6-12-21-19(22)23-14-16-7-3-2-4-8-16/h2-4,7-8,10-11,13H,6,12,14H2,1H3,(H,21,22). The first-order valence-electron chi connectivity index (χ1n) is 7.35. The van der Waals surface area contributed by atoms with Gasteiger partial charge in [-0.2, -0.15) is 0 Å². The molecule has 0 aromatic heterocycles. The molecule has 2 aromatic rings. The largest absolute Gasteiger partial charge is 0.445 e. The molecule has 0 atom stereocenters. The van der Waals surface area contributed by atoms with Crippen molar-refractivity contribution in [2.24, 2.45) is 0 Å². The molecule has 23 heavy (non-hydrogen) atoms. The third kappa shape index (κ3) is 6.06. The summed E-state index contributed by atoms with van der Waals surface area (Å²) in [6, 6.07) is 15.3. The second-order valence-corrected chi connectivity index (χ2v) is 5.43. The molecular weight excluding hydrogens is 310 g/mol. The Labute approximate surface area is 141 Å². The molecule has 0 fully saturated rings. The average Bonchev–Trinajstić information content (AvgIpc) is 2.55. The fourth-order valence-corrected chi connectivity index (χ4v) is 2.16. The second-order valence-electron chi connectivity index (χ2n) is 5.02. The van der Waals surface area contributed by atoms with Crippen LogP contribution in [0.4, 0.5) is 4.79 Å². The van der Waals surface area contributed by atoms with E-state index in [1.54, 1.807) is 0 Å². The maximum Gasteiger partial charge on any atom is 0.407 e. The zero-order valence-electron chi connectivity index (χ0n) is 12.9. The molecule has 0 bridgehead atoms. The Kier molecular flexibility index (Phi) is 6.53. The number of ether oxygens (including phenoxy) is 1. The minimum atomic E-state index is -0.441. The molecular formula is C19H18ClNO2. The SMILES string of the molecule is Cc1ccc(C#CCCNC(=O)OCc2ccccc2)c(Cl)c1. The molecule has 1 N–H and O–H groups in total. The van der Waals surface area contributed by atoms with Gasteiger partial charge in [-0.3, -0.25) is 0 Å². The third-order valence-corrected chi connectivity index (χ3v) is 3.39. The Hall–Kier alpha value is -2.44. The lowest BCUT2D eigenvalue weighted by Crippen LogP contribution is -2.24. The first-order chi connectivity index (χ1) is 11.1. The van der Waals surface area contributed by atoms with Crippen LogP contribution in [0.3, 0.4) is 0 Å². The lowest BCUT2D eigenvalue weighted by atomic mass is 10.1. The molecule has 0 spiro atoms. The second kappa shape index (κ2) is 8.87. The summed E-state index contributed by atoms with van der Waals surface area (Å²) in [5, 5.41) is 3.31. The average molecular weight is 328 g/mol. The number of hydrogen-bond donors (Lipinski definition) is 1. The van der Waals surface area contributed by atoms with Crippen LogP contribution >= 0.6 is 11.6 Å². The van der Waals surface area contributed by atoms with Crippen molar-refractivity contribution in [3.8, 4) is 11.8 Å². The van der Waals surface area contributed by atoms with Crippen LogP contribution in [0, 0.1) is 18.8 Å². The molecule has 118 valence electrons. The molecule has 1 amide bonds. The summed E-state index contributed by atoms with van der Waals surface area (Å²) in [6.45, 7) is 2.68. The van der Waals surface area contributed by atoms with E-state index in [4.69, 9.17) is 16.3 Å². The van der Waals surface area contributed by atoms with Crippen LogP contribution in [0.2, 0.25) is 5.02 Å². The Morgan fingerprint density at radius 3 is 2.74 bits per heavy atom. The highest BCUT2D eigenvalue weighted by Gasteiger charge is 2.01. The first kappa shape index (κ1) is 16.9.